The number of pyridine rings is 2. The summed E-state index contributed by atoms with van der Waals surface area (Å²) in [5.74, 6) is -1.05. The summed E-state index contributed by atoms with van der Waals surface area (Å²) in [7, 11) is 0. The van der Waals surface area contributed by atoms with Crippen molar-refractivity contribution in [2.45, 2.75) is 12.7 Å². The highest BCUT2D eigenvalue weighted by Gasteiger charge is 2.35. The van der Waals surface area contributed by atoms with Gasteiger partial charge in [-0.15, -0.1) is 0 Å². The molecule has 170 valence electrons. The van der Waals surface area contributed by atoms with Crippen LogP contribution >= 0.6 is 0 Å². The highest BCUT2D eigenvalue weighted by molar-refractivity contribution is 5.92. The van der Waals surface area contributed by atoms with Gasteiger partial charge in [-0.2, -0.15) is 23.5 Å². The minimum atomic E-state index is -4.75. The molecule has 0 fully saturated rings. The average molecular weight is 466 g/mol. The number of halogens is 4. The Balaban J connectivity index is 1.52. The van der Waals surface area contributed by atoms with Crippen LogP contribution in [0.1, 0.15) is 27.3 Å². The van der Waals surface area contributed by atoms with Crippen LogP contribution in [0.4, 0.5) is 17.6 Å². The summed E-state index contributed by atoms with van der Waals surface area (Å²) in [6, 6.07) is 12.7. The quantitative estimate of drug-likeness (QED) is 0.443. The Bertz CT molecular complexity index is 1390. The smallest absolute Gasteiger partial charge is 0.347 e. The first-order valence-corrected chi connectivity index (χ1v) is 9.77. The third-order valence-corrected chi connectivity index (χ3v) is 4.82. The Morgan fingerprint density at radius 3 is 2.62 bits per heavy atom. The SMILES string of the molecule is N#Cc1ncc(-c2ccn(-c3ccc(CNC(=O)c4ccccn4)c(F)c3)n2)cc1C(F)(F)F. The molecule has 1 amide bonds. The van der Waals surface area contributed by atoms with Crippen LogP contribution in [0.5, 0.6) is 0 Å². The van der Waals surface area contributed by atoms with E-state index < -0.39 is 29.2 Å². The largest absolute Gasteiger partial charge is 0.419 e. The van der Waals surface area contributed by atoms with Gasteiger partial charge in [-0.25, -0.2) is 14.1 Å². The van der Waals surface area contributed by atoms with Gasteiger partial charge >= 0.3 is 6.18 Å². The molecule has 0 unspecified atom stereocenters. The van der Waals surface area contributed by atoms with E-state index in [-0.39, 0.29) is 29.1 Å². The maximum atomic E-state index is 14.6. The summed E-state index contributed by atoms with van der Waals surface area (Å²) < 4.78 is 55.5. The summed E-state index contributed by atoms with van der Waals surface area (Å²) in [4.78, 5) is 19.6. The van der Waals surface area contributed by atoms with E-state index in [2.05, 4.69) is 20.4 Å². The van der Waals surface area contributed by atoms with Crippen molar-refractivity contribution in [3.63, 3.8) is 0 Å². The number of nitrogens with one attached hydrogen (secondary N) is 1. The average Bonchev–Trinajstić information content (AvgIpc) is 3.33. The molecule has 0 radical (unpaired) electrons. The molecule has 3 aromatic heterocycles. The fourth-order valence-corrected chi connectivity index (χ4v) is 3.12. The zero-order chi connectivity index (χ0) is 24.3. The van der Waals surface area contributed by atoms with Crippen LogP contribution in [-0.4, -0.2) is 25.7 Å². The second-order valence-corrected chi connectivity index (χ2v) is 7.05. The van der Waals surface area contributed by atoms with Gasteiger partial charge in [0, 0.05) is 36.3 Å². The molecule has 4 aromatic rings. The summed E-state index contributed by atoms with van der Waals surface area (Å²) in [6.45, 7) is -0.0665. The second-order valence-electron chi connectivity index (χ2n) is 7.05. The maximum Gasteiger partial charge on any atom is 0.419 e. The van der Waals surface area contributed by atoms with Gasteiger partial charge < -0.3 is 5.32 Å². The normalized spacial score (nSPS) is 11.1. The lowest BCUT2D eigenvalue weighted by Crippen LogP contribution is -2.24. The highest BCUT2D eigenvalue weighted by atomic mass is 19.4. The van der Waals surface area contributed by atoms with E-state index in [1.807, 2.05) is 0 Å². The lowest BCUT2D eigenvalue weighted by Gasteiger charge is -2.09. The number of carbonyl (C=O) groups excluding carboxylic acids is 1. The van der Waals surface area contributed by atoms with Crippen molar-refractivity contribution in [1.82, 2.24) is 25.1 Å². The third kappa shape index (κ3) is 4.75. The first-order valence-electron chi connectivity index (χ1n) is 9.77. The summed E-state index contributed by atoms with van der Waals surface area (Å²) in [6.07, 6.45) is -0.700. The Morgan fingerprint density at radius 2 is 1.94 bits per heavy atom. The van der Waals surface area contributed by atoms with E-state index in [0.29, 0.717) is 5.69 Å². The lowest BCUT2D eigenvalue weighted by molar-refractivity contribution is -0.138. The van der Waals surface area contributed by atoms with Gasteiger partial charge in [-0.05, 0) is 36.4 Å². The fourth-order valence-electron chi connectivity index (χ4n) is 3.12. The topological polar surface area (TPSA) is 96.5 Å². The molecule has 7 nitrogen and oxygen atoms in total. The molecule has 0 spiro atoms. The van der Waals surface area contributed by atoms with Crippen LogP contribution in [-0.2, 0) is 12.7 Å². The number of hydrogen-bond acceptors (Lipinski definition) is 5. The van der Waals surface area contributed by atoms with Gasteiger partial charge in [0.15, 0.2) is 5.69 Å². The van der Waals surface area contributed by atoms with Crippen LogP contribution in [0.25, 0.3) is 16.9 Å². The summed E-state index contributed by atoms with van der Waals surface area (Å²) in [5, 5.41) is 15.7. The van der Waals surface area contributed by atoms with Crippen LogP contribution in [0, 0.1) is 17.1 Å². The van der Waals surface area contributed by atoms with Crippen LogP contribution in [0.2, 0.25) is 0 Å². The van der Waals surface area contributed by atoms with Crippen molar-refractivity contribution in [2.75, 3.05) is 0 Å². The third-order valence-electron chi connectivity index (χ3n) is 4.82. The number of aromatic nitrogens is 4. The molecular weight excluding hydrogens is 452 g/mol. The first kappa shape index (κ1) is 22.6. The number of rotatable bonds is 5. The molecule has 0 atom stereocenters. The van der Waals surface area contributed by atoms with E-state index in [1.54, 1.807) is 18.2 Å². The number of nitriles is 1. The van der Waals surface area contributed by atoms with E-state index in [0.717, 1.165) is 12.3 Å². The molecule has 0 saturated heterocycles. The van der Waals surface area contributed by atoms with Crippen LogP contribution in [0.15, 0.2) is 67.1 Å². The Hall–Kier alpha value is -4.59. The van der Waals surface area contributed by atoms with E-state index in [4.69, 9.17) is 5.26 Å². The van der Waals surface area contributed by atoms with Gasteiger partial charge in [-0.1, -0.05) is 12.1 Å². The van der Waals surface area contributed by atoms with Crippen molar-refractivity contribution in [3.05, 3.63) is 95.5 Å². The highest BCUT2D eigenvalue weighted by Crippen LogP contribution is 2.33. The molecule has 0 aliphatic carbocycles. The Labute approximate surface area is 190 Å². The van der Waals surface area contributed by atoms with Crippen LogP contribution < -0.4 is 5.32 Å². The summed E-state index contributed by atoms with van der Waals surface area (Å²) >= 11 is 0. The summed E-state index contributed by atoms with van der Waals surface area (Å²) in [5.41, 5.74) is -0.926. The number of carbonyl (C=O) groups is 1. The van der Waals surface area contributed by atoms with Crippen molar-refractivity contribution in [2.24, 2.45) is 0 Å². The van der Waals surface area contributed by atoms with Crippen molar-refractivity contribution >= 4 is 5.91 Å². The number of amides is 1. The van der Waals surface area contributed by atoms with Crippen molar-refractivity contribution < 1.29 is 22.4 Å². The standard InChI is InChI=1S/C23H14F4N6O/c24-18-10-16(5-4-14(18)12-31-22(34)20-3-1-2-7-29-20)33-8-6-19(32-33)15-9-17(23(25,26)27)21(11-28)30-13-15/h1-10,13H,12H2,(H,31,34). The predicted molar refractivity (Wildman–Crippen MR) is 112 cm³/mol. The molecule has 0 bridgehead atoms. The van der Waals surface area contributed by atoms with Gasteiger partial charge in [0.25, 0.3) is 5.91 Å². The molecule has 4 rings (SSSR count). The monoisotopic (exact) mass is 466 g/mol. The zero-order valence-electron chi connectivity index (χ0n) is 17.2. The van der Waals surface area contributed by atoms with E-state index in [1.165, 1.54) is 47.4 Å². The molecular formula is C23H14F4N6O. The molecule has 1 N–H and O–H groups in total. The van der Waals surface area contributed by atoms with Gasteiger partial charge in [-0.3, -0.25) is 9.78 Å². The van der Waals surface area contributed by atoms with Crippen molar-refractivity contribution in [3.8, 4) is 23.0 Å². The Kier molecular flexibility index (Phi) is 6.05. The van der Waals surface area contributed by atoms with E-state index >= 15 is 0 Å². The second kappa shape index (κ2) is 9.11. The fraction of sp³-hybridized carbons (Fsp3) is 0.0870. The molecule has 0 saturated carbocycles. The maximum absolute atomic E-state index is 14.6. The minimum Gasteiger partial charge on any atom is -0.347 e. The molecule has 11 heteroatoms. The van der Waals surface area contributed by atoms with Gasteiger partial charge in [0.2, 0.25) is 0 Å². The molecule has 34 heavy (non-hydrogen) atoms. The van der Waals surface area contributed by atoms with Crippen molar-refractivity contribution in [1.29, 1.82) is 5.26 Å². The van der Waals surface area contributed by atoms with Gasteiger partial charge in [0.05, 0.1) is 16.9 Å². The van der Waals surface area contributed by atoms with Crippen LogP contribution in [0.3, 0.4) is 0 Å². The first-order chi connectivity index (χ1) is 16.3. The zero-order valence-corrected chi connectivity index (χ0v) is 17.2. The molecule has 1 aromatic carbocycles. The number of alkyl halides is 3. The lowest BCUT2D eigenvalue weighted by atomic mass is 10.1. The van der Waals surface area contributed by atoms with Gasteiger partial charge in [0.1, 0.15) is 17.6 Å². The molecule has 0 aliphatic heterocycles. The molecule has 0 aliphatic rings. The molecule has 3 heterocycles. The predicted octanol–water partition coefficient (Wildman–Crippen LogP) is 4.29. The number of nitrogens with zero attached hydrogens (tertiary/aromatic N) is 5. The van der Waals surface area contributed by atoms with E-state index in [9.17, 15) is 22.4 Å². The Morgan fingerprint density at radius 1 is 1.12 bits per heavy atom. The minimum absolute atomic E-state index is 0.0550. The number of benzene rings is 1. The number of hydrogen-bond donors (Lipinski definition) is 1.